The molecule has 0 heterocycles. The van der Waals surface area contributed by atoms with Gasteiger partial charge < -0.3 is 5.32 Å². The summed E-state index contributed by atoms with van der Waals surface area (Å²) in [5, 5.41) is 2.73. The maximum Gasteiger partial charge on any atom is 0.252 e. The highest BCUT2D eigenvalue weighted by Crippen LogP contribution is 2.18. The van der Waals surface area contributed by atoms with Gasteiger partial charge in [0.05, 0.1) is 5.54 Å². The first kappa shape index (κ1) is 15.4. The van der Waals surface area contributed by atoms with Crippen LogP contribution < -0.4 is 5.32 Å². The predicted molar refractivity (Wildman–Crippen MR) is 79.4 cm³/mol. The lowest BCUT2D eigenvalue weighted by Crippen LogP contribution is -2.51. The van der Waals surface area contributed by atoms with E-state index in [1.165, 1.54) is 0 Å². The van der Waals surface area contributed by atoms with Crippen molar-refractivity contribution in [2.24, 2.45) is 0 Å². The number of hydrogen-bond acceptors (Lipinski definition) is 2. The number of nitrogens with one attached hydrogen (secondary N) is 1. The summed E-state index contributed by atoms with van der Waals surface area (Å²) in [6.07, 6.45) is 0. The van der Waals surface area contributed by atoms with E-state index in [2.05, 4.69) is 37.2 Å². The molecule has 0 aliphatic carbocycles. The Morgan fingerprint density at radius 1 is 1.28 bits per heavy atom. The van der Waals surface area contributed by atoms with Crippen LogP contribution in [0.4, 0.5) is 0 Å². The number of aryl methyl sites for hydroxylation is 1. The average molecular weight is 377 g/mol. The topological polar surface area (TPSA) is 46.2 Å². The smallest absolute Gasteiger partial charge is 0.252 e. The number of benzene rings is 1. The van der Waals surface area contributed by atoms with E-state index in [0.717, 1.165) is 5.56 Å². The van der Waals surface area contributed by atoms with Crippen LogP contribution in [0, 0.1) is 6.92 Å². The summed E-state index contributed by atoms with van der Waals surface area (Å²) in [4.78, 5) is 23.9. The molecule has 0 radical (unpaired) electrons. The van der Waals surface area contributed by atoms with Crippen molar-refractivity contribution in [3.8, 4) is 0 Å². The Balaban J connectivity index is 2.85. The number of Topliss-reactive ketones (excluding diaryl/α,β-unsaturated/α-hetero) is 1. The maximum atomic E-state index is 12.0. The lowest BCUT2D eigenvalue weighted by atomic mass is 9.99. The number of ketones is 1. The average Bonchev–Trinajstić information content (AvgIpc) is 2.27. The summed E-state index contributed by atoms with van der Waals surface area (Å²) < 4.78 is -0.474. The van der Waals surface area contributed by atoms with Gasteiger partial charge in [0.2, 0.25) is 0 Å². The fourth-order valence-electron chi connectivity index (χ4n) is 1.48. The molecule has 18 heavy (non-hydrogen) atoms. The van der Waals surface area contributed by atoms with E-state index in [4.69, 9.17) is 0 Å². The molecule has 0 aliphatic rings. The second-order valence-corrected chi connectivity index (χ2v) is 7.67. The second kappa shape index (κ2) is 5.97. The van der Waals surface area contributed by atoms with Crippen LogP contribution in [0.5, 0.6) is 0 Å². The molecule has 1 N–H and O–H groups in total. The Labute approximate surface area is 124 Å². The first-order chi connectivity index (χ1) is 8.24. The van der Waals surface area contributed by atoms with Crippen LogP contribution in [-0.2, 0) is 4.79 Å². The van der Waals surface area contributed by atoms with Crippen LogP contribution in [0.2, 0.25) is 0 Å². The first-order valence-corrected chi connectivity index (χ1v) is 7.29. The number of amides is 1. The second-order valence-electron chi connectivity index (χ2n) is 4.61. The van der Waals surface area contributed by atoms with Crippen molar-refractivity contribution in [2.45, 2.75) is 30.0 Å². The van der Waals surface area contributed by atoms with Gasteiger partial charge in [-0.05, 0) is 32.9 Å². The van der Waals surface area contributed by atoms with Gasteiger partial charge in [0.1, 0.15) is 3.74 Å². The van der Waals surface area contributed by atoms with E-state index < -0.39 is 9.28 Å². The van der Waals surface area contributed by atoms with Gasteiger partial charge >= 0.3 is 0 Å². The number of alkyl halides is 2. The van der Waals surface area contributed by atoms with E-state index in [0.29, 0.717) is 5.56 Å². The van der Waals surface area contributed by atoms with Crippen LogP contribution >= 0.6 is 31.9 Å². The molecule has 1 aromatic rings. The van der Waals surface area contributed by atoms with E-state index in [1.807, 2.05) is 19.1 Å². The summed E-state index contributed by atoms with van der Waals surface area (Å²) in [7, 11) is 0. The Bertz CT molecular complexity index is 470. The first-order valence-electron chi connectivity index (χ1n) is 5.45. The van der Waals surface area contributed by atoms with Gasteiger partial charge in [-0.1, -0.05) is 49.6 Å². The van der Waals surface area contributed by atoms with Crippen molar-refractivity contribution in [1.82, 2.24) is 5.32 Å². The molecule has 0 spiro atoms. The fraction of sp³-hybridized carbons (Fsp3) is 0.385. The van der Waals surface area contributed by atoms with Crippen LogP contribution in [0.3, 0.4) is 0 Å². The highest BCUT2D eigenvalue weighted by atomic mass is 79.9. The molecule has 98 valence electrons. The number of rotatable bonds is 4. The van der Waals surface area contributed by atoms with Crippen LogP contribution in [-0.4, -0.2) is 21.0 Å². The Morgan fingerprint density at radius 3 is 2.39 bits per heavy atom. The third kappa shape index (κ3) is 3.92. The number of hydrogen-bond donors (Lipinski definition) is 1. The molecule has 1 amide bonds. The maximum absolute atomic E-state index is 12.0. The van der Waals surface area contributed by atoms with E-state index in [1.54, 1.807) is 26.0 Å². The van der Waals surface area contributed by atoms with Gasteiger partial charge in [-0.2, -0.15) is 0 Å². The zero-order chi connectivity index (χ0) is 13.9. The van der Waals surface area contributed by atoms with Crippen molar-refractivity contribution in [3.63, 3.8) is 0 Å². The number of carbonyl (C=O) groups excluding carboxylic acids is 2. The molecule has 1 rings (SSSR count). The molecule has 1 aromatic carbocycles. The zero-order valence-corrected chi connectivity index (χ0v) is 13.6. The van der Waals surface area contributed by atoms with E-state index in [9.17, 15) is 9.59 Å². The molecular formula is C13H15Br2NO2. The largest absolute Gasteiger partial charge is 0.340 e. The number of halogens is 2. The summed E-state index contributed by atoms with van der Waals surface area (Å²) in [5.41, 5.74) is 0.626. The van der Waals surface area contributed by atoms with Crippen LogP contribution in [0.25, 0.3) is 0 Å². The molecule has 0 saturated heterocycles. The normalized spacial score (nSPS) is 11.4. The molecule has 0 fully saturated rings. The van der Waals surface area contributed by atoms with E-state index in [-0.39, 0.29) is 11.7 Å². The highest BCUT2D eigenvalue weighted by molar-refractivity contribution is 9.25. The van der Waals surface area contributed by atoms with Gasteiger partial charge in [0.15, 0.2) is 5.78 Å². The van der Waals surface area contributed by atoms with Gasteiger partial charge in [-0.3, -0.25) is 9.59 Å². The minimum atomic E-state index is -0.932. The van der Waals surface area contributed by atoms with Gasteiger partial charge in [0.25, 0.3) is 5.91 Å². The molecule has 0 saturated carbocycles. The molecule has 0 aromatic heterocycles. The Hall–Kier alpha value is -0.680. The van der Waals surface area contributed by atoms with Crippen molar-refractivity contribution < 1.29 is 9.59 Å². The van der Waals surface area contributed by atoms with E-state index >= 15 is 0 Å². The minimum absolute atomic E-state index is 0.136. The lowest BCUT2D eigenvalue weighted by molar-refractivity contribution is -0.121. The quantitative estimate of drug-likeness (QED) is 0.820. The molecule has 0 bridgehead atoms. The zero-order valence-electron chi connectivity index (χ0n) is 10.5. The van der Waals surface area contributed by atoms with Gasteiger partial charge in [-0.25, -0.2) is 0 Å². The molecular weight excluding hydrogens is 362 g/mol. The number of carbonyl (C=O) groups is 2. The Kier molecular flexibility index (Phi) is 5.10. The Morgan fingerprint density at radius 2 is 1.89 bits per heavy atom. The summed E-state index contributed by atoms with van der Waals surface area (Å²) in [6.45, 7) is 5.27. The van der Waals surface area contributed by atoms with Gasteiger partial charge in [0, 0.05) is 5.56 Å². The minimum Gasteiger partial charge on any atom is -0.340 e. The van der Waals surface area contributed by atoms with Crippen molar-refractivity contribution >= 4 is 43.6 Å². The fourth-order valence-corrected chi connectivity index (χ4v) is 2.62. The standard InChI is InChI=1S/C13H15Br2NO2/c1-8-5-4-6-9(7-8)12(18)16-13(2,3)10(17)11(14)15/h4-7,11H,1-3H3,(H,16,18). The summed E-state index contributed by atoms with van der Waals surface area (Å²) in [5.74, 6) is -0.388. The predicted octanol–water partition coefficient (Wildman–Crippen LogP) is 3.19. The summed E-state index contributed by atoms with van der Waals surface area (Å²) in [6, 6.07) is 7.25. The monoisotopic (exact) mass is 375 g/mol. The SMILES string of the molecule is Cc1cccc(C(=O)NC(C)(C)C(=O)C(Br)Br)c1. The summed E-state index contributed by atoms with van der Waals surface area (Å²) >= 11 is 6.30. The van der Waals surface area contributed by atoms with Crippen LogP contribution in [0.1, 0.15) is 29.8 Å². The molecule has 0 aliphatic heterocycles. The highest BCUT2D eigenvalue weighted by Gasteiger charge is 2.32. The van der Waals surface area contributed by atoms with Crippen molar-refractivity contribution in [1.29, 1.82) is 0 Å². The molecule has 0 unspecified atom stereocenters. The third-order valence-electron chi connectivity index (χ3n) is 2.52. The van der Waals surface area contributed by atoms with Crippen molar-refractivity contribution in [2.75, 3.05) is 0 Å². The third-order valence-corrected chi connectivity index (χ3v) is 3.35. The van der Waals surface area contributed by atoms with Crippen LogP contribution in [0.15, 0.2) is 24.3 Å². The molecule has 3 nitrogen and oxygen atoms in total. The lowest BCUT2D eigenvalue weighted by Gasteiger charge is -2.25. The van der Waals surface area contributed by atoms with Gasteiger partial charge in [-0.15, -0.1) is 0 Å². The molecule has 0 atom stereocenters. The molecule has 5 heteroatoms. The van der Waals surface area contributed by atoms with Crippen molar-refractivity contribution in [3.05, 3.63) is 35.4 Å².